The van der Waals surface area contributed by atoms with Gasteiger partial charge in [0.2, 0.25) is 0 Å². The second kappa shape index (κ2) is 5.46. The van der Waals surface area contributed by atoms with Gasteiger partial charge in [-0.05, 0) is 32.9 Å². The number of anilines is 1. The Morgan fingerprint density at radius 3 is 2.28 bits per heavy atom. The van der Waals surface area contributed by atoms with Gasteiger partial charge >= 0.3 is 6.09 Å². The fourth-order valence-electron chi connectivity index (χ4n) is 1.03. The number of hydrogen-bond donors (Lipinski definition) is 0. The van der Waals surface area contributed by atoms with Gasteiger partial charge in [-0.15, -0.1) is 0 Å². The van der Waals surface area contributed by atoms with Crippen LogP contribution < -0.4 is 5.01 Å². The predicted octanol–water partition coefficient (Wildman–Crippen LogP) is 2.55. The zero-order chi connectivity index (χ0) is 13.8. The summed E-state index contributed by atoms with van der Waals surface area (Å²) >= 11 is 0. The van der Waals surface area contributed by atoms with Gasteiger partial charge in [-0.2, -0.15) is 4.89 Å². The molecule has 0 heterocycles. The lowest BCUT2D eigenvalue weighted by Crippen LogP contribution is -2.38. The van der Waals surface area contributed by atoms with Gasteiger partial charge < -0.3 is 0 Å². The van der Waals surface area contributed by atoms with Gasteiger partial charge in [0.1, 0.15) is 11.3 Å². The van der Waals surface area contributed by atoms with Crippen molar-refractivity contribution in [2.45, 2.75) is 26.4 Å². The van der Waals surface area contributed by atoms with Crippen molar-refractivity contribution in [2.24, 2.45) is 0 Å². The monoisotopic (exact) mass is 254 g/mol. The summed E-state index contributed by atoms with van der Waals surface area (Å²) < 4.78 is 0. The standard InChI is InChI=1S/C11H14N2O5/c1-11(2,3)18-17-10(14)12(13(15)16)9-7-5-4-6-8-9/h4-8H,1-3H3. The fourth-order valence-corrected chi connectivity index (χ4v) is 1.03. The third-order valence-electron chi connectivity index (χ3n) is 1.70. The highest BCUT2D eigenvalue weighted by molar-refractivity contribution is 5.84. The number of nitrogens with zero attached hydrogens (tertiary/aromatic N) is 2. The Kier molecular flexibility index (Phi) is 4.22. The number of hydrogen-bond acceptors (Lipinski definition) is 5. The summed E-state index contributed by atoms with van der Waals surface area (Å²) in [6, 6.07) is 7.66. The molecule has 1 aromatic carbocycles. The van der Waals surface area contributed by atoms with E-state index in [1.54, 1.807) is 39.0 Å². The Hall–Kier alpha value is -2.15. The first kappa shape index (κ1) is 13.9. The molecule has 0 aliphatic carbocycles. The number of rotatable bonds is 3. The van der Waals surface area contributed by atoms with Crippen molar-refractivity contribution in [1.82, 2.24) is 0 Å². The van der Waals surface area contributed by atoms with Crippen LogP contribution in [0.4, 0.5) is 10.5 Å². The zero-order valence-electron chi connectivity index (χ0n) is 10.3. The lowest BCUT2D eigenvalue weighted by molar-refractivity contribution is -0.488. The molecule has 0 aromatic heterocycles. The molecular formula is C11H14N2O5. The van der Waals surface area contributed by atoms with Crippen LogP contribution in [0.1, 0.15) is 20.8 Å². The molecule has 0 bridgehead atoms. The van der Waals surface area contributed by atoms with E-state index in [0.717, 1.165) is 0 Å². The van der Waals surface area contributed by atoms with E-state index in [-0.39, 0.29) is 10.7 Å². The van der Waals surface area contributed by atoms with Crippen molar-refractivity contribution < 1.29 is 19.6 Å². The van der Waals surface area contributed by atoms with Crippen LogP contribution in [-0.2, 0) is 9.78 Å². The summed E-state index contributed by atoms with van der Waals surface area (Å²) in [6.45, 7) is 4.96. The second-order valence-corrected chi connectivity index (χ2v) is 4.43. The smallest absolute Gasteiger partial charge is 0.270 e. The number of carbonyl (C=O) groups excluding carboxylic acids is 1. The number of hydrazine groups is 1. The maximum absolute atomic E-state index is 11.6. The highest BCUT2D eigenvalue weighted by atomic mass is 17.2. The van der Waals surface area contributed by atoms with E-state index in [2.05, 4.69) is 4.89 Å². The number of carbonyl (C=O) groups is 1. The van der Waals surface area contributed by atoms with Crippen LogP contribution in [0.15, 0.2) is 30.3 Å². The molecule has 0 spiro atoms. The summed E-state index contributed by atoms with van der Waals surface area (Å²) in [5.74, 6) is 0. The van der Waals surface area contributed by atoms with Gasteiger partial charge in [-0.25, -0.2) is 14.9 Å². The van der Waals surface area contributed by atoms with Crippen molar-refractivity contribution in [3.8, 4) is 0 Å². The first-order valence-corrected chi connectivity index (χ1v) is 5.20. The third kappa shape index (κ3) is 4.02. The average Bonchev–Trinajstić information content (AvgIpc) is 2.26. The Morgan fingerprint density at radius 1 is 1.28 bits per heavy atom. The minimum absolute atomic E-state index is 0.0880. The molecule has 0 unspecified atom stereocenters. The fraction of sp³-hybridized carbons (Fsp3) is 0.364. The van der Waals surface area contributed by atoms with Crippen LogP contribution in [-0.4, -0.2) is 16.7 Å². The molecule has 1 amide bonds. The first-order valence-electron chi connectivity index (χ1n) is 5.20. The number of amides is 1. The van der Waals surface area contributed by atoms with Crippen LogP contribution >= 0.6 is 0 Å². The van der Waals surface area contributed by atoms with Gasteiger partial charge in [-0.3, -0.25) is 4.89 Å². The summed E-state index contributed by atoms with van der Waals surface area (Å²) in [5, 5.41) is 10.2. The van der Waals surface area contributed by atoms with Gasteiger partial charge in [-0.1, -0.05) is 18.2 Å². The van der Waals surface area contributed by atoms with Crippen molar-refractivity contribution >= 4 is 11.8 Å². The Labute approximate surface area is 104 Å². The number of nitro groups is 1. The minimum Gasteiger partial charge on any atom is -0.270 e. The van der Waals surface area contributed by atoms with Crippen LogP contribution in [0.25, 0.3) is 0 Å². The highest BCUT2D eigenvalue weighted by Gasteiger charge is 2.30. The van der Waals surface area contributed by atoms with Gasteiger partial charge in [0.15, 0.2) is 5.03 Å². The zero-order valence-corrected chi connectivity index (χ0v) is 10.3. The maximum atomic E-state index is 11.6. The summed E-state index contributed by atoms with van der Waals surface area (Å²) in [4.78, 5) is 31.6. The van der Waals surface area contributed by atoms with Crippen LogP contribution in [0.2, 0.25) is 0 Å². The molecule has 18 heavy (non-hydrogen) atoms. The molecule has 0 aliphatic heterocycles. The van der Waals surface area contributed by atoms with Crippen molar-refractivity contribution in [3.63, 3.8) is 0 Å². The quantitative estimate of drug-likeness (QED) is 0.470. The molecule has 0 fully saturated rings. The second-order valence-electron chi connectivity index (χ2n) is 4.43. The van der Waals surface area contributed by atoms with E-state index in [1.807, 2.05) is 0 Å². The maximum Gasteiger partial charge on any atom is 0.504 e. The van der Waals surface area contributed by atoms with Gasteiger partial charge in [0, 0.05) is 5.01 Å². The van der Waals surface area contributed by atoms with Gasteiger partial charge in [0.25, 0.3) is 0 Å². The Morgan fingerprint density at radius 2 is 1.83 bits per heavy atom. The molecule has 0 saturated carbocycles. The minimum atomic E-state index is -1.21. The van der Waals surface area contributed by atoms with Crippen molar-refractivity contribution in [3.05, 3.63) is 40.4 Å². The molecule has 0 atom stereocenters. The lowest BCUT2D eigenvalue weighted by Gasteiger charge is -2.18. The van der Waals surface area contributed by atoms with E-state index < -0.39 is 16.7 Å². The van der Waals surface area contributed by atoms with Crippen molar-refractivity contribution in [1.29, 1.82) is 0 Å². The van der Waals surface area contributed by atoms with Crippen LogP contribution in [0.5, 0.6) is 0 Å². The SMILES string of the molecule is CC(C)(C)OOC(=O)N(c1ccccc1)[N+](=O)[O-]. The third-order valence-corrected chi connectivity index (χ3v) is 1.70. The van der Waals surface area contributed by atoms with Gasteiger partial charge in [0.05, 0.1) is 0 Å². The molecule has 7 nitrogen and oxygen atoms in total. The van der Waals surface area contributed by atoms with E-state index in [1.165, 1.54) is 12.1 Å². The van der Waals surface area contributed by atoms with E-state index in [0.29, 0.717) is 0 Å². The first-order chi connectivity index (χ1) is 8.31. The normalized spacial score (nSPS) is 10.8. The molecule has 0 N–H and O–H groups in total. The van der Waals surface area contributed by atoms with E-state index in [9.17, 15) is 14.9 Å². The molecular weight excluding hydrogens is 240 g/mol. The molecule has 0 radical (unpaired) electrons. The van der Waals surface area contributed by atoms with Crippen LogP contribution in [0, 0.1) is 10.1 Å². The predicted molar refractivity (Wildman–Crippen MR) is 63.2 cm³/mol. The average molecular weight is 254 g/mol. The molecule has 0 saturated heterocycles. The molecule has 1 rings (SSSR count). The molecule has 7 heteroatoms. The van der Waals surface area contributed by atoms with Crippen LogP contribution in [0.3, 0.4) is 0 Å². The molecule has 0 aliphatic rings. The number of para-hydroxylation sites is 1. The summed E-state index contributed by atoms with van der Waals surface area (Å²) in [5.41, 5.74) is -0.653. The largest absolute Gasteiger partial charge is 0.504 e. The molecule has 1 aromatic rings. The topological polar surface area (TPSA) is 81.9 Å². The van der Waals surface area contributed by atoms with E-state index in [4.69, 9.17) is 4.89 Å². The number of benzene rings is 1. The van der Waals surface area contributed by atoms with Crippen molar-refractivity contribution in [2.75, 3.05) is 5.01 Å². The Bertz CT molecular complexity index is 427. The summed E-state index contributed by atoms with van der Waals surface area (Å²) in [7, 11) is 0. The highest BCUT2D eigenvalue weighted by Crippen LogP contribution is 2.16. The lowest BCUT2D eigenvalue weighted by atomic mass is 10.2. The molecule has 98 valence electrons. The summed E-state index contributed by atoms with van der Waals surface area (Å²) in [6.07, 6.45) is -1.21. The Balaban J connectivity index is 2.81. The van der Waals surface area contributed by atoms with E-state index >= 15 is 0 Å².